The first-order chi connectivity index (χ1) is 24.2. The first kappa shape index (κ1) is 43.9. The van der Waals surface area contributed by atoms with Crippen LogP contribution in [-0.4, -0.2) is 31.9 Å². The molecule has 0 fully saturated rings. The molecule has 0 N–H and O–H groups in total. The summed E-state index contributed by atoms with van der Waals surface area (Å²) >= 11 is 1.51. The zero-order valence-corrected chi connectivity index (χ0v) is 36.2. The minimum atomic E-state index is 0.209. The van der Waals surface area contributed by atoms with Crippen LogP contribution in [0, 0.1) is 0 Å². The second kappa shape index (κ2) is 21.3. The third kappa shape index (κ3) is 13.0. The maximum Gasteiger partial charge on any atom is -0.162 e. The van der Waals surface area contributed by atoms with E-state index < -0.39 is 0 Å². The van der Waals surface area contributed by atoms with E-state index >= 15 is 0 Å². The van der Waals surface area contributed by atoms with Crippen molar-refractivity contribution in [3.8, 4) is 22.3 Å². The minimum Gasteiger partial charge on any atom is -0.668 e. The summed E-state index contributed by atoms with van der Waals surface area (Å²) in [4.78, 5) is 0. The molecule has 0 saturated heterocycles. The van der Waals surface area contributed by atoms with Crippen LogP contribution in [0.3, 0.4) is 0 Å². The molecule has 0 aromatic heterocycles. The van der Waals surface area contributed by atoms with Gasteiger partial charge in [0.15, 0.2) is 0 Å². The van der Waals surface area contributed by atoms with Crippen molar-refractivity contribution in [1.29, 1.82) is 0 Å². The molecule has 0 aliphatic heterocycles. The van der Waals surface area contributed by atoms with E-state index in [1.54, 1.807) is 28.2 Å². The van der Waals surface area contributed by atoms with E-state index in [4.69, 9.17) is 0 Å². The Morgan fingerprint density at radius 2 is 0.843 bits per heavy atom. The van der Waals surface area contributed by atoms with Crippen LogP contribution in [-0.2, 0) is 47.9 Å². The molecule has 3 heteroatoms. The largest absolute Gasteiger partial charge is 0.668 e. The Bertz CT molecular complexity index is 1730. The fourth-order valence-electron chi connectivity index (χ4n) is 5.80. The van der Waals surface area contributed by atoms with Crippen molar-refractivity contribution in [1.82, 2.24) is 0 Å². The summed E-state index contributed by atoms with van der Waals surface area (Å²) < 4.78 is 2.09. The molecule has 0 unspecified atom stereocenters. The number of aryl methyl sites for hydroxylation is 2. The molecule has 6 rings (SSSR count). The van der Waals surface area contributed by atoms with Gasteiger partial charge in [-0.15, -0.1) is 69.1 Å². The molecule has 0 radical (unpaired) electrons. The SMILES string of the molecule is CCc1cc2c(-c3ccc(C(C)(C)C)cc3)cccc2[cH-]1.CCc1cc2c(-c3ccc(C(C)(C)C)cc3)cccc2[cH-]1.C[CH]=[Zr+2].C[N-]C.C[N-]C. The van der Waals surface area contributed by atoms with Crippen molar-refractivity contribution in [2.45, 2.75) is 86.0 Å². The van der Waals surface area contributed by atoms with E-state index in [2.05, 4.69) is 179 Å². The monoisotopic (exact) mass is 756 g/mol. The molecule has 6 aromatic carbocycles. The Labute approximate surface area is 326 Å². The van der Waals surface area contributed by atoms with Crippen LogP contribution in [0.5, 0.6) is 0 Å². The standard InChI is InChI=1S/2C21H23.2C2H6N.C2H4.Zr/c2*1-5-15-13-17-7-6-8-19(20(17)14-15)16-9-11-18(12-10-16)21(2,3)4;2*1-3-2;1-2;/h2*6-14H,5H2,1-4H3;2*1-2H3;1H,2H3;/q4*-1;;+2. The van der Waals surface area contributed by atoms with Crippen LogP contribution in [0.15, 0.2) is 109 Å². The van der Waals surface area contributed by atoms with Crippen LogP contribution in [0.25, 0.3) is 54.4 Å². The third-order valence-electron chi connectivity index (χ3n) is 8.56. The molecule has 0 spiro atoms. The number of hydrogen-bond donors (Lipinski definition) is 0. The normalized spacial score (nSPS) is 10.9. The molecule has 0 aliphatic rings. The molecule has 2 nitrogen and oxygen atoms in total. The number of fused-ring (bicyclic) bond motifs is 2. The van der Waals surface area contributed by atoms with E-state index in [1.807, 2.05) is 6.92 Å². The second-order valence-corrected chi connectivity index (χ2v) is 16.3. The van der Waals surface area contributed by atoms with Crippen molar-refractivity contribution in [2.75, 3.05) is 28.2 Å². The Balaban J connectivity index is 0.000000287. The van der Waals surface area contributed by atoms with E-state index in [9.17, 15) is 0 Å². The summed E-state index contributed by atoms with van der Waals surface area (Å²) in [7, 11) is 7.00. The minimum absolute atomic E-state index is 0.209. The summed E-state index contributed by atoms with van der Waals surface area (Å²) in [5.41, 5.74) is 11.3. The number of nitrogens with zero attached hydrogens (tertiary/aromatic N) is 2. The maximum absolute atomic E-state index is 3.50. The number of rotatable bonds is 4. The molecular formula is C48H62N2Zr-2. The van der Waals surface area contributed by atoms with Crippen molar-refractivity contribution in [3.05, 3.63) is 142 Å². The summed E-state index contributed by atoms with van der Waals surface area (Å²) in [6.45, 7) is 20.0. The van der Waals surface area contributed by atoms with Crippen molar-refractivity contribution in [2.24, 2.45) is 0 Å². The van der Waals surface area contributed by atoms with Gasteiger partial charge < -0.3 is 10.6 Å². The smallest absolute Gasteiger partial charge is 0.162 e. The predicted octanol–water partition coefficient (Wildman–Crippen LogP) is 13.8. The fourth-order valence-corrected chi connectivity index (χ4v) is 5.80. The van der Waals surface area contributed by atoms with Gasteiger partial charge in [-0.3, -0.25) is 0 Å². The molecule has 0 bridgehead atoms. The first-order valence-electron chi connectivity index (χ1n) is 18.2. The Morgan fingerprint density at radius 1 is 0.549 bits per heavy atom. The Hall–Kier alpha value is -3.23. The van der Waals surface area contributed by atoms with Crippen LogP contribution < -0.4 is 0 Å². The van der Waals surface area contributed by atoms with E-state index in [-0.39, 0.29) is 10.8 Å². The zero-order chi connectivity index (χ0) is 38.2. The van der Waals surface area contributed by atoms with Crippen molar-refractivity contribution >= 4 is 25.3 Å². The topological polar surface area (TPSA) is 28.2 Å². The Morgan fingerprint density at radius 3 is 1.10 bits per heavy atom. The Kier molecular flexibility index (Phi) is 18.4. The van der Waals surface area contributed by atoms with Gasteiger partial charge >= 0.3 is 34.9 Å². The summed E-state index contributed by atoms with van der Waals surface area (Å²) in [5.74, 6) is 0. The van der Waals surface area contributed by atoms with Crippen LogP contribution >= 0.6 is 0 Å². The van der Waals surface area contributed by atoms with Gasteiger partial charge in [-0.2, -0.15) is 40.3 Å². The van der Waals surface area contributed by atoms with Crippen LogP contribution in [0.1, 0.15) is 84.6 Å². The molecule has 0 saturated carbocycles. The van der Waals surface area contributed by atoms with Crippen LogP contribution in [0.4, 0.5) is 0 Å². The maximum atomic E-state index is 3.50. The average Bonchev–Trinajstić information content (AvgIpc) is 3.73. The predicted molar refractivity (Wildman–Crippen MR) is 228 cm³/mol. The van der Waals surface area contributed by atoms with Gasteiger partial charge in [-0.05, 0) is 45.9 Å². The quantitative estimate of drug-likeness (QED) is 0.160. The zero-order valence-electron chi connectivity index (χ0n) is 33.8. The summed E-state index contributed by atoms with van der Waals surface area (Å²) in [6, 6.07) is 40.6. The van der Waals surface area contributed by atoms with E-state index in [0.717, 1.165) is 12.8 Å². The molecule has 51 heavy (non-hydrogen) atoms. The average molecular weight is 758 g/mol. The van der Waals surface area contributed by atoms with Gasteiger partial charge in [0.1, 0.15) is 0 Å². The van der Waals surface area contributed by atoms with Crippen LogP contribution in [0.2, 0.25) is 0 Å². The summed E-state index contributed by atoms with van der Waals surface area (Å²) in [5, 5.41) is 12.4. The molecule has 0 amide bonds. The molecule has 0 atom stereocenters. The van der Waals surface area contributed by atoms with Gasteiger partial charge in [0.05, 0.1) is 0 Å². The van der Waals surface area contributed by atoms with Gasteiger partial charge in [-0.25, -0.2) is 0 Å². The molecule has 0 aliphatic carbocycles. The first-order valence-corrected chi connectivity index (χ1v) is 19.6. The van der Waals surface area contributed by atoms with Gasteiger partial charge in [0.25, 0.3) is 0 Å². The molecule has 270 valence electrons. The fraction of sp³-hybridized carbons (Fsp3) is 0.354. The van der Waals surface area contributed by atoms with Gasteiger partial charge in [0, 0.05) is 0 Å². The van der Waals surface area contributed by atoms with Crippen molar-refractivity contribution < 1.29 is 24.2 Å². The van der Waals surface area contributed by atoms with Crippen molar-refractivity contribution in [3.63, 3.8) is 0 Å². The van der Waals surface area contributed by atoms with Gasteiger partial charge in [-0.1, -0.05) is 127 Å². The number of benzene rings is 4. The third-order valence-corrected chi connectivity index (χ3v) is 8.56. The molecular weight excluding hydrogens is 696 g/mol. The molecule has 6 aromatic rings. The van der Waals surface area contributed by atoms with E-state index in [0.29, 0.717) is 0 Å². The summed E-state index contributed by atoms with van der Waals surface area (Å²) in [6.07, 6.45) is 2.19. The van der Waals surface area contributed by atoms with Gasteiger partial charge in [0.2, 0.25) is 0 Å². The number of hydrogen-bond acceptors (Lipinski definition) is 0. The second-order valence-electron chi connectivity index (χ2n) is 14.9. The molecule has 0 heterocycles. The van der Waals surface area contributed by atoms with E-state index in [1.165, 1.54) is 90.3 Å².